The molecule has 0 radical (unpaired) electrons. The van der Waals surface area contributed by atoms with Crippen molar-refractivity contribution >= 4 is 11.6 Å². The van der Waals surface area contributed by atoms with E-state index in [-0.39, 0.29) is 0 Å². The Kier molecular flexibility index (Phi) is 1.74. The number of nitrogens with one attached hydrogen (secondary N) is 2. The summed E-state index contributed by atoms with van der Waals surface area (Å²) in [6.45, 7) is 0.662. The maximum absolute atomic E-state index is 4.38. The number of hydrogen-bond acceptors (Lipinski definition) is 5. The van der Waals surface area contributed by atoms with E-state index in [0.717, 1.165) is 17.2 Å². The van der Waals surface area contributed by atoms with E-state index in [9.17, 15) is 0 Å². The van der Waals surface area contributed by atoms with Gasteiger partial charge in [-0.3, -0.25) is 0 Å². The van der Waals surface area contributed by atoms with Crippen LogP contribution in [0.25, 0.3) is 11.4 Å². The third-order valence-corrected chi connectivity index (χ3v) is 2.23. The van der Waals surface area contributed by atoms with Gasteiger partial charge in [0.1, 0.15) is 0 Å². The minimum absolute atomic E-state index is 0.644. The summed E-state index contributed by atoms with van der Waals surface area (Å²) in [4.78, 5) is 4.38. The molecule has 0 bridgehead atoms. The van der Waals surface area contributed by atoms with Gasteiger partial charge >= 0.3 is 0 Å². The van der Waals surface area contributed by atoms with Gasteiger partial charge in [0.05, 0.1) is 6.67 Å². The van der Waals surface area contributed by atoms with E-state index in [0.29, 0.717) is 12.5 Å². The summed E-state index contributed by atoms with van der Waals surface area (Å²) in [5.74, 6) is 2.13. The summed E-state index contributed by atoms with van der Waals surface area (Å²) in [6.07, 6.45) is 0. The van der Waals surface area contributed by atoms with Gasteiger partial charge in [0.25, 0.3) is 0 Å². The summed E-state index contributed by atoms with van der Waals surface area (Å²) in [5.41, 5.74) is 0.974. The van der Waals surface area contributed by atoms with Crippen LogP contribution in [0.3, 0.4) is 0 Å². The molecule has 2 N–H and O–H groups in total. The lowest BCUT2D eigenvalue weighted by Gasteiger charge is -2.00. The highest BCUT2D eigenvalue weighted by Gasteiger charge is 2.14. The highest BCUT2D eigenvalue weighted by atomic mass is 15.3. The predicted molar refractivity (Wildman–Crippen MR) is 57.4 cm³/mol. The van der Waals surface area contributed by atoms with Gasteiger partial charge < -0.3 is 10.6 Å². The molecule has 0 saturated heterocycles. The molecule has 0 unspecified atom stereocenters. The van der Waals surface area contributed by atoms with Crippen molar-refractivity contribution in [3.63, 3.8) is 0 Å². The summed E-state index contributed by atoms with van der Waals surface area (Å²) in [5, 5.41) is 14.2. The maximum atomic E-state index is 4.38. The summed E-state index contributed by atoms with van der Waals surface area (Å²) >= 11 is 0. The first-order valence-electron chi connectivity index (χ1n) is 4.71. The van der Waals surface area contributed by atoms with Crippen molar-refractivity contribution in [2.75, 3.05) is 17.3 Å². The third kappa shape index (κ3) is 1.38. The zero-order valence-electron chi connectivity index (χ0n) is 7.94. The summed E-state index contributed by atoms with van der Waals surface area (Å²) in [7, 11) is 0. The lowest BCUT2D eigenvalue weighted by molar-refractivity contribution is 1.00. The first-order valence-corrected chi connectivity index (χ1v) is 4.71. The molecular formula is C10H9N5. The lowest BCUT2D eigenvalue weighted by Crippen LogP contribution is -1.99. The Labute approximate surface area is 86.6 Å². The van der Waals surface area contributed by atoms with Crippen molar-refractivity contribution in [1.29, 1.82) is 0 Å². The molecule has 0 atom stereocenters. The molecule has 15 heavy (non-hydrogen) atoms. The van der Waals surface area contributed by atoms with Gasteiger partial charge in [0.2, 0.25) is 0 Å². The molecule has 1 aliphatic heterocycles. The second-order valence-corrected chi connectivity index (χ2v) is 3.23. The Bertz CT molecular complexity index is 482. The van der Waals surface area contributed by atoms with Crippen LogP contribution in [0.1, 0.15) is 0 Å². The van der Waals surface area contributed by atoms with E-state index in [2.05, 4.69) is 25.8 Å². The van der Waals surface area contributed by atoms with Crippen LogP contribution in [-0.2, 0) is 0 Å². The molecule has 1 aromatic heterocycles. The number of hydrogen-bond donors (Lipinski definition) is 2. The average molecular weight is 199 g/mol. The van der Waals surface area contributed by atoms with E-state index in [1.54, 1.807) is 0 Å². The Hall–Kier alpha value is -2.17. The SMILES string of the molecule is c1ccc(-c2nnc3c(n2)NCN3)cc1. The molecule has 2 aromatic rings. The van der Waals surface area contributed by atoms with Crippen molar-refractivity contribution in [1.82, 2.24) is 15.2 Å². The van der Waals surface area contributed by atoms with Gasteiger partial charge in [-0.2, -0.15) is 0 Å². The summed E-state index contributed by atoms with van der Waals surface area (Å²) < 4.78 is 0. The van der Waals surface area contributed by atoms with Crippen LogP contribution in [0.5, 0.6) is 0 Å². The number of anilines is 2. The van der Waals surface area contributed by atoms with Crippen LogP contribution >= 0.6 is 0 Å². The molecule has 1 aliphatic rings. The largest absolute Gasteiger partial charge is 0.350 e. The molecule has 2 heterocycles. The molecule has 3 rings (SSSR count). The van der Waals surface area contributed by atoms with Crippen molar-refractivity contribution < 1.29 is 0 Å². The van der Waals surface area contributed by atoms with Gasteiger partial charge in [-0.1, -0.05) is 30.3 Å². The minimum Gasteiger partial charge on any atom is -0.350 e. The highest BCUT2D eigenvalue weighted by Crippen LogP contribution is 2.22. The lowest BCUT2D eigenvalue weighted by atomic mass is 10.2. The van der Waals surface area contributed by atoms with Gasteiger partial charge in [0, 0.05) is 5.56 Å². The van der Waals surface area contributed by atoms with Crippen molar-refractivity contribution in [2.45, 2.75) is 0 Å². The fourth-order valence-electron chi connectivity index (χ4n) is 1.49. The van der Waals surface area contributed by atoms with E-state index >= 15 is 0 Å². The molecule has 0 saturated carbocycles. The molecule has 0 aliphatic carbocycles. The monoisotopic (exact) mass is 199 g/mol. The van der Waals surface area contributed by atoms with Crippen molar-refractivity contribution in [3.8, 4) is 11.4 Å². The molecule has 0 spiro atoms. The van der Waals surface area contributed by atoms with E-state index in [1.807, 2.05) is 30.3 Å². The zero-order valence-corrected chi connectivity index (χ0v) is 7.94. The van der Waals surface area contributed by atoms with Crippen LogP contribution in [0, 0.1) is 0 Å². The minimum atomic E-state index is 0.644. The van der Waals surface area contributed by atoms with Gasteiger partial charge in [0.15, 0.2) is 17.5 Å². The average Bonchev–Trinajstić information content (AvgIpc) is 2.77. The van der Waals surface area contributed by atoms with Crippen molar-refractivity contribution in [3.05, 3.63) is 30.3 Å². The smallest absolute Gasteiger partial charge is 0.193 e. The summed E-state index contributed by atoms with van der Waals surface area (Å²) in [6, 6.07) is 9.80. The number of fused-ring (bicyclic) bond motifs is 1. The quantitative estimate of drug-likeness (QED) is 0.725. The van der Waals surface area contributed by atoms with E-state index < -0.39 is 0 Å². The maximum Gasteiger partial charge on any atom is 0.193 e. The molecule has 5 nitrogen and oxygen atoms in total. The topological polar surface area (TPSA) is 62.7 Å². The fraction of sp³-hybridized carbons (Fsp3) is 0.100. The van der Waals surface area contributed by atoms with E-state index in [1.165, 1.54) is 0 Å². The second kappa shape index (κ2) is 3.20. The van der Waals surface area contributed by atoms with Crippen LogP contribution in [0.15, 0.2) is 30.3 Å². The fourth-order valence-corrected chi connectivity index (χ4v) is 1.49. The molecule has 0 amide bonds. The Balaban J connectivity index is 2.07. The number of benzene rings is 1. The molecule has 1 aromatic carbocycles. The highest BCUT2D eigenvalue weighted by molar-refractivity contribution is 5.67. The first kappa shape index (κ1) is 8.16. The number of nitrogens with zero attached hydrogens (tertiary/aromatic N) is 3. The molecule has 5 heteroatoms. The van der Waals surface area contributed by atoms with Crippen LogP contribution in [0.4, 0.5) is 11.6 Å². The van der Waals surface area contributed by atoms with Gasteiger partial charge in [-0.15, -0.1) is 10.2 Å². The van der Waals surface area contributed by atoms with Crippen molar-refractivity contribution in [2.24, 2.45) is 0 Å². The number of rotatable bonds is 1. The third-order valence-electron chi connectivity index (χ3n) is 2.23. The van der Waals surface area contributed by atoms with Gasteiger partial charge in [-0.05, 0) is 0 Å². The Morgan fingerprint density at radius 2 is 1.73 bits per heavy atom. The molecular weight excluding hydrogens is 190 g/mol. The zero-order chi connectivity index (χ0) is 10.1. The molecule has 0 fully saturated rings. The van der Waals surface area contributed by atoms with Crippen LogP contribution < -0.4 is 10.6 Å². The number of aromatic nitrogens is 3. The predicted octanol–water partition coefficient (Wildman–Crippen LogP) is 1.33. The second-order valence-electron chi connectivity index (χ2n) is 3.23. The normalized spacial score (nSPS) is 12.8. The van der Waals surface area contributed by atoms with Gasteiger partial charge in [-0.25, -0.2) is 4.98 Å². The first-order chi connectivity index (χ1) is 7.43. The van der Waals surface area contributed by atoms with Crippen LogP contribution in [0.2, 0.25) is 0 Å². The Morgan fingerprint density at radius 1 is 0.933 bits per heavy atom. The standard InChI is InChI=1S/C10H9N5/c1-2-4-7(5-3-1)8-13-9-10(15-14-8)12-6-11-9/h1-5H,6H2,(H,12,15)(H,11,13,14). The Morgan fingerprint density at radius 3 is 2.60 bits per heavy atom. The molecule has 74 valence electrons. The van der Waals surface area contributed by atoms with E-state index in [4.69, 9.17) is 0 Å². The van der Waals surface area contributed by atoms with Crippen LogP contribution in [-0.4, -0.2) is 21.9 Å².